The fraction of sp³-hybridized carbons (Fsp3) is 0.538. The van der Waals surface area contributed by atoms with Crippen molar-refractivity contribution in [2.75, 3.05) is 5.32 Å². The van der Waals surface area contributed by atoms with Gasteiger partial charge in [0.1, 0.15) is 4.90 Å². The zero-order chi connectivity index (χ0) is 12.6. The van der Waals surface area contributed by atoms with Gasteiger partial charge in [0, 0.05) is 0 Å². The molecule has 2 N–H and O–H groups in total. The van der Waals surface area contributed by atoms with Crippen LogP contribution in [0.15, 0.2) is 29.2 Å². The van der Waals surface area contributed by atoms with E-state index in [1.54, 1.807) is 12.1 Å². The molecule has 0 amide bonds. The van der Waals surface area contributed by atoms with Gasteiger partial charge in [0.15, 0.2) is 0 Å². The Morgan fingerprint density at radius 1 is 1.06 bits per heavy atom. The average Bonchev–Trinajstić information content (AvgIpc) is 2.39. The Morgan fingerprint density at radius 2 is 1.78 bits per heavy atom. The third-order valence-electron chi connectivity index (χ3n) is 3.89. The highest BCUT2D eigenvalue weighted by Crippen LogP contribution is 2.32. The number of benzene rings is 1. The summed E-state index contributed by atoms with van der Waals surface area (Å²) in [6.07, 6.45) is 5.72. The number of hydrogen-bond acceptors (Lipinski definition) is 3. The van der Waals surface area contributed by atoms with Crippen LogP contribution in [0.2, 0.25) is 0 Å². The van der Waals surface area contributed by atoms with E-state index in [4.69, 9.17) is 0 Å². The first-order valence-electron chi connectivity index (χ1n) is 6.55. The Labute approximate surface area is 108 Å². The van der Waals surface area contributed by atoms with Crippen molar-refractivity contribution in [2.45, 2.75) is 43.2 Å². The quantitative estimate of drug-likeness (QED) is 0.820. The van der Waals surface area contributed by atoms with E-state index < -0.39 is 10.0 Å². The van der Waals surface area contributed by atoms with Crippen LogP contribution in [0.3, 0.4) is 0 Å². The third kappa shape index (κ3) is 2.12. The van der Waals surface area contributed by atoms with E-state index in [1.807, 2.05) is 12.1 Å². The van der Waals surface area contributed by atoms with Gasteiger partial charge in [0.05, 0.1) is 11.9 Å². The summed E-state index contributed by atoms with van der Waals surface area (Å²) >= 11 is 0. The van der Waals surface area contributed by atoms with Crippen LogP contribution in [0.25, 0.3) is 0 Å². The highest BCUT2D eigenvalue weighted by Gasteiger charge is 2.33. The van der Waals surface area contributed by atoms with Gasteiger partial charge < -0.3 is 5.32 Å². The molecule has 0 spiro atoms. The average molecular weight is 266 g/mol. The highest BCUT2D eigenvalue weighted by atomic mass is 32.2. The van der Waals surface area contributed by atoms with Gasteiger partial charge in [-0.1, -0.05) is 31.4 Å². The Balaban J connectivity index is 1.90. The van der Waals surface area contributed by atoms with Crippen molar-refractivity contribution in [1.29, 1.82) is 0 Å². The van der Waals surface area contributed by atoms with Crippen LogP contribution >= 0.6 is 0 Å². The number of hydrogen-bond donors (Lipinski definition) is 2. The monoisotopic (exact) mass is 266 g/mol. The maximum absolute atomic E-state index is 12.2. The molecule has 4 nitrogen and oxygen atoms in total. The van der Waals surface area contributed by atoms with Gasteiger partial charge in [0.25, 0.3) is 0 Å². The molecular formula is C13H18N2O2S. The molecule has 2 aliphatic rings. The lowest BCUT2D eigenvalue weighted by Gasteiger charge is -2.35. The molecule has 0 saturated heterocycles. The van der Waals surface area contributed by atoms with Crippen molar-refractivity contribution in [3.05, 3.63) is 24.3 Å². The summed E-state index contributed by atoms with van der Waals surface area (Å²) in [5.41, 5.74) is 0.729. The summed E-state index contributed by atoms with van der Waals surface area (Å²) in [6, 6.07) is 7.09. The van der Waals surface area contributed by atoms with Gasteiger partial charge in [-0.25, -0.2) is 8.42 Å². The number of nitrogens with one attached hydrogen (secondary N) is 2. The number of fused-ring (bicyclic) bond motifs is 1. The zero-order valence-corrected chi connectivity index (χ0v) is 11.0. The molecule has 1 aliphatic carbocycles. The van der Waals surface area contributed by atoms with Gasteiger partial charge in [0.2, 0.25) is 10.0 Å². The Morgan fingerprint density at radius 3 is 2.56 bits per heavy atom. The van der Waals surface area contributed by atoms with E-state index in [0.717, 1.165) is 18.5 Å². The van der Waals surface area contributed by atoms with Crippen LogP contribution < -0.4 is 10.0 Å². The lowest BCUT2D eigenvalue weighted by molar-refractivity contribution is 0.306. The van der Waals surface area contributed by atoms with E-state index in [0.29, 0.717) is 10.8 Å². The molecule has 1 aliphatic heterocycles. The van der Waals surface area contributed by atoms with Crippen molar-refractivity contribution in [1.82, 2.24) is 4.72 Å². The predicted octanol–water partition coefficient (Wildman–Crippen LogP) is 2.30. The SMILES string of the molecule is O=S1(=O)NC(C2CCCCC2)Nc2ccccc21. The summed E-state index contributed by atoms with van der Waals surface area (Å²) in [5, 5.41) is 3.33. The molecule has 1 heterocycles. The van der Waals surface area contributed by atoms with Crippen molar-refractivity contribution >= 4 is 15.7 Å². The van der Waals surface area contributed by atoms with Gasteiger partial charge in [-0.2, -0.15) is 4.72 Å². The zero-order valence-electron chi connectivity index (χ0n) is 10.2. The minimum atomic E-state index is -3.35. The molecule has 1 fully saturated rings. The summed E-state index contributed by atoms with van der Waals surface area (Å²) in [5.74, 6) is 0.405. The normalized spacial score (nSPS) is 27.2. The van der Waals surface area contributed by atoms with Gasteiger partial charge in [-0.3, -0.25) is 0 Å². The number of sulfonamides is 1. The molecule has 1 aromatic rings. The van der Waals surface area contributed by atoms with Crippen molar-refractivity contribution in [3.8, 4) is 0 Å². The van der Waals surface area contributed by atoms with Gasteiger partial charge in [-0.15, -0.1) is 0 Å². The molecule has 3 rings (SSSR count). The first kappa shape index (κ1) is 12.0. The van der Waals surface area contributed by atoms with E-state index >= 15 is 0 Å². The van der Waals surface area contributed by atoms with E-state index in [1.165, 1.54) is 19.3 Å². The lowest BCUT2D eigenvalue weighted by Crippen LogP contribution is -2.49. The summed E-state index contributed by atoms with van der Waals surface area (Å²) < 4.78 is 27.1. The topological polar surface area (TPSA) is 58.2 Å². The van der Waals surface area contributed by atoms with Gasteiger partial charge in [-0.05, 0) is 30.9 Å². The minimum absolute atomic E-state index is 0.148. The predicted molar refractivity (Wildman–Crippen MR) is 70.7 cm³/mol. The van der Waals surface area contributed by atoms with Crippen LogP contribution in [-0.2, 0) is 10.0 Å². The molecule has 1 aromatic carbocycles. The van der Waals surface area contributed by atoms with Crippen LogP contribution in [0.1, 0.15) is 32.1 Å². The Hall–Kier alpha value is -1.07. The molecule has 1 unspecified atom stereocenters. The molecule has 1 saturated carbocycles. The number of anilines is 1. The Bertz CT molecular complexity index is 536. The fourth-order valence-corrected chi connectivity index (χ4v) is 4.32. The number of rotatable bonds is 1. The molecule has 1 atom stereocenters. The lowest BCUT2D eigenvalue weighted by atomic mass is 9.87. The fourth-order valence-electron chi connectivity index (χ4n) is 2.93. The molecule has 5 heteroatoms. The van der Waals surface area contributed by atoms with E-state index in [2.05, 4.69) is 10.0 Å². The maximum Gasteiger partial charge on any atom is 0.244 e. The van der Waals surface area contributed by atoms with Crippen LogP contribution in [0.5, 0.6) is 0 Å². The second kappa shape index (κ2) is 4.55. The molecule has 0 radical (unpaired) electrons. The van der Waals surface area contributed by atoms with Crippen LogP contribution in [-0.4, -0.2) is 14.6 Å². The summed E-state index contributed by atoms with van der Waals surface area (Å²) in [7, 11) is -3.35. The maximum atomic E-state index is 12.2. The summed E-state index contributed by atoms with van der Waals surface area (Å²) in [6.45, 7) is 0. The van der Waals surface area contributed by atoms with Crippen molar-refractivity contribution < 1.29 is 8.42 Å². The third-order valence-corrected chi connectivity index (χ3v) is 5.39. The van der Waals surface area contributed by atoms with Crippen molar-refractivity contribution in [3.63, 3.8) is 0 Å². The molecule has 0 aromatic heterocycles. The summed E-state index contributed by atoms with van der Waals surface area (Å²) in [4.78, 5) is 0.358. The second-order valence-electron chi connectivity index (χ2n) is 5.14. The number of para-hydroxylation sites is 1. The van der Waals surface area contributed by atoms with Crippen LogP contribution in [0, 0.1) is 5.92 Å². The minimum Gasteiger partial charge on any atom is -0.368 e. The standard InChI is InChI=1S/C13H18N2O2S/c16-18(17)12-9-5-4-8-11(12)14-13(15-18)10-6-2-1-3-7-10/h4-5,8-10,13-15H,1-3,6-7H2. The molecular weight excluding hydrogens is 248 g/mol. The molecule has 0 bridgehead atoms. The first-order valence-corrected chi connectivity index (χ1v) is 8.03. The van der Waals surface area contributed by atoms with E-state index in [-0.39, 0.29) is 6.17 Å². The molecule has 18 heavy (non-hydrogen) atoms. The molecule has 98 valence electrons. The largest absolute Gasteiger partial charge is 0.368 e. The van der Waals surface area contributed by atoms with Crippen molar-refractivity contribution in [2.24, 2.45) is 5.92 Å². The van der Waals surface area contributed by atoms with Crippen LogP contribution in [0.4, 0.5) is 5.69 Å². The first-order chi connectivity index (χ1) is 8.67. The second-order valence-corrected chi connectivity index (χ2v) is 6.82. The smallest absolute Gasteiger partial charge is 0.244 e. The van der Waals surface area contributed by atoms with Gasteiger partial charge >= 0.3 is 0 Å². The highest BCUT2D eigenvalue weighted by molar-refractivity contribution is 7.89. The Kier molecular flexibility index (Phi) is 3.03. The van der Waals surface area contributed by atoms with E-state index in [9.17, 15) is 8.42 Å².